The molecule has 29 heavy (non-hydrogen) atoms. The van der Waals surface area contributed by atoms with Gasteiger partial charge in [-0.1, -0.05) is 18.1 Å². The Morgan fingerprint density at radius 3 is 2.45 bits per heavy atom. The molecule has 2 aromatic carbocycles. The molecule has 2 atom stereocenters. The van der Waals surface area contributed by atoms with Crippen molar-refractivity contribution in [1.82, 2.24) is 14.5 Å². The number of nitrogens with zero attached hydrogens (tertiary/aromatic N) is 4. The van der Waals surface area contributed by atoms with Gasteiger partial charge in [0.1, 0.15) is 5.82 Å². The van der Waals surface area contributed by atoms with Gasteiger partial charge in [-0.2, -0.15) is 0 Å². The molecule has 5 nitrogen and oxygen atoms in total. The Morgan fingerprint density at radius 2 is 1.79 bits per heavy atom. The Hall–Kier alpha value is -3.07. The summed E-state index contributed by atoms with van der Waals surface area (Å²) in [6.07, 6.45) is 9.68. The van der Waals surface area contributed by atoms with Gasteiger partial charge in [0.15, 0.2) is 0 Å². The molecule has 4 rings (SSSR count). The first-order valence-electron chi connectivity index (χ1n) is 9.84. The highest BCUT2D eigenvalue weighted by molar-refractivity contribution is 5.54. The van der Waals surface area contributed by atoms with E-state index in [0.29, 0.717) is 13.0 Å². The number of hydrogen-bond donors (Lipinski definition) is 1. The van der Waals surface area contributed by atoms with E-state index in [-0.39, 0.29) is 12.1 Å². The zero-order valence-corrected chi connectivity index (χ0v) is 16.9. The maximum Gasteiger partial charge on any atom is 0.127 e. The third-order valence-corrected chi connectivity index (χ3v) is 5.38. The average Bonchev–Trinajstić information content (AvgIpc) is 3.34. The molecule has 0 radical (unpaired) electrons. The predicted molar refractivity (Wildman–Crippen MR) is 116 cm³/mol. The van der Waals surface area contributed by atoms with E-state index < -0.39 is 0 Å². The number of benzene rings is 2. The van der Waals surface area contributed by atoms with Crippen molar-refractivity contribution < 1.29 is 5.11 Å². The molecule has 1 aliphatic rings. The molecular formula is C24H26N4O. The molecule has 0 amide bonds. The Kier molecular flexibility index (Phi) is 5.39. The quantitative estimate of drug-likeness (QED) is 0.684. The zero-order valence-electron chi connectivity index (χ0n) is 16.9. The first-order valence-corrected chi connectivity index (χ1v) is 9.84. The standard InChI is InChI=1S/C24H26N4O/c1-4-18-5-9-21(10-6-18)28-16-22(29)15-23(28)19-7-11-20(12-8-19)27-14-13-25-24(27)17-26(2)3/h1,5-14,22-23,29H,15-17H2,2-3H3/t22-,23-/m1/s1. The molecule has 1 aliphatic heterocycles. The van der Waals surface area contributed by atoms with E-state index in [9.17, 15) is 5.11 Å². The number of β-amino-alcohol motifs (C(OH)–C–C–N with tert-alkyl or cyclic N) is 1. The summed E-state index contributed by atoms with van der Waals surface area (Å²) in [5, 5.41) is 10.3. The highest BCUT2D eigenvalue weighted by Gasteiger charge is 2.32. The van der Waals surface area contributed by atoms with Gasteiger partial charge in [0.2, 0.25) is 0 Å². The van der Waals surface area contributed by atoms with Crippen LogP contribution in [0.4, 0.5) is 5.69 Å². The minimum Gasteiger partial charge on any atom is -0.391 e. The normalized spacial score (nSPS) is 18.9. The highest BCUT2D eigenvalue weighted by Crippen LogP contribution is 2.36. The number of terminal acetylenes is 1. The van der Waals surface area contributed by atoms with E-state index in [4.69, 9.17) is 6.42 Å². The Balaban J connectivity index is 1.59. The van der Waals surface area contributed by atoms with Crippen LogP contribution in [0.1, 0.15) is 29.4 Å². The van der Waals surface area contributed by atoms with Gasteiger partial charge in [-0.05, 0) is 62.5 Å². The molecule has 2 heterocycles. The Bertz CT molecular complexity index is 999. The molecule has 1 fully saturated rings. The molecule has 0 aliphatic carbocycles. The van der Waals surface area contributed by atoms with Crippen molar-refractivity contribution in [3.05, 3.63) is 77.9 Å². The van der Waals surface area contributed by atoms with Crippen molar-refractivity contribution in [3.8, 4) is 18.0 Å². The fourth-order valence-electron chi connectivity index (χ4n) is 3.99. The van der Waals surface area contributed by atoms with Crippen LogP contribution in [-0.2, 0) is 6.54 Å². The molecule has 0 unspecified atom stereocenters. The first-order chi connectivity index (χ1) is 14.0. The summed E-state index contributed by atoms with van der Waals surface area (Å²) in [4.78, 5) is 8.84. The average molecular weight is 386 g/mol. The maximum atomic E-state index is 10.3. The molecule has 1 aromatic heterocycles. The summed E-state index contributed by atoms with van der Waals surface area (Å²) in [7, 11) is 4.08. The summed E-state index contributed by atoms with van der Waals surface area (Å²) in [6.45, 7) is 1.40. The van der Waals surface area contributed by atoms with Gasteiger partial charge >= 0.3 is 0 Å². The van der Waals surface area contributed by atoms with Gasteiger partial charge in [0.25, 0.3) is 0 Å². The van der Waals surface area contributed by atoms with E-state index >= 15 is 0 Å². The maximum absolute atomic E-state index is 10.3. The second-order valence-corrected chi connectivity index (χ2v) is 7.79. The number of aliphatic hydroxyl groups is 1. The summed E-state index contributed by atoms with van der Waals surface area (Å²) in [5.74, 6) is 3.66. The van der Waals surface area contributed by atoms with Gasteiger partial charge in [0, 0.05) is 35.9 Å². The summed E-state index contributed by atoms with van der Waals surface area (Å²) in [6, 6.07) is 16.7. The lowest BCUT2D eigenvalue weighted by atomic mass is 10.0. The molecule has 3 aromatic rings. The highest BCUT2D eigenvalue weighted by atomic mass is 16.3. The molecule has 1 N–H and O–H groups in total. The summed E-state index contributed by atoms with van der Waals surface area (Å²) in [5.41, 5.74) is 4.23. The number of anilines is 1. The molecule has 1 saturated heterocycles. The van der Waals surface area contributed by atoms with E-state index in [1.807, 2.05) is 50.8 Å². The van der Waals surface area contributed by atoms with E-state index in [1.165, 1.54) is 5.56 Å². The van der Waals surface area contributed by atoms with Gasteiger partial charge in [-0.15, -0.1) is 6.42 Å². The minimum absolute atomic E-state index is 0.139. The fourth-order valence-corrected chi connectivity index (χ4v) is 3.99. The van der Waals surface area contributed by atoms with E-state index in [1.54, 1.807) is 0 Å². The number of hydrogen-bond acceptors (Lipinski definition) is 4. The van der Waals surface area contributed by atoms with Gasteiger partial charge in [-0.25, -0.2) is 4.98 Å². The van der Waals surface area contributed by atoms with Crippen LogP contribution in [-0.4, -0.2) is 46.3 Å². The van der Waals surface area contributed by atoms with Crippen molar-refractivity contribution in [2.75, 3.05) is 25.5 Å². The van der Waals surface area contributed by atoms with Gasteiger partial charge in [0.05, 0.1) is 18.7 Å². The van der Waals surface area contributed by atoms with Crippen LogP contribution in [0.25, 0.3) is 5.69 Å². The van der Waals surface area contributed by atoms with Crippen molar-refractivity contribution in [1.29, 1.82) is 0 Å². The van der Waals surface area contributed by atoms with Crippen LogP contribution >= 0.6 is 0 Å². The Morgan fingerprint density at radius 1 is 1.10 bits per heavy atom. The lowest BCUT2D eigenvalue weighted by Crippen LogP contribution is -2.24. The lowest BCUT2D eigenvalue weighted by molar-refractivity contribution is 0.194. The molecular weight excluding hydrogens is 360 g/mol. The van der Waals surface area contributed by atoms with Crippen molar-refractivity contribution in [3.63, 3.8) is 0 Å². The lowest BCUT2D eigenvalue weighted by Gasteiger charge is -2.27. The number of aromatic nitrogens is 2. The van der Waals surface area contributed by atoms with Crippen LogP contribution in [0, 0.1) is 12.3 Å². The van der Waals surface area contributed by atoms with Gasteiger partial charge < -0.3 is 19.5 Å². The summed E-state index contributed by atoms with van der Waals surface area (Å²) >= 11 is 0. The van der Waals surface area contributed by atoms with Crippen LogP contribution < -0.4 is 4.90 Å². The molecule has 0 spiro atoms. The third kappa shape index (κ3) is 4.04. The van der Waals surface area contributed by atoms with Crippen LogP contribution in [0.15, 0.2) is 60.9 Å². The predicted octanol–water partition coefficient (Wildman–Crippen LogP) is 3.23. The Labute approximate surface area is 172 Å². The van der Waals surface area contributed by atoms with Crippen molar-refractivity contribution in [2.24, 2.45) is 0 Å². The minimum atomic E-state index is -0.340. The van der Waals surface area contributed by atoms with Crippen LogP contribution in [0.2, 0.25) is 0 Å². The largest absolute Gasteiger partial charge is 0.391 e. The summed E-state index contributed by atoms with van der Waals surface area (Å²) < 4.78 is 2.11. The van der Waals surface area contributed by atoms with Crippen molar-refractivity contribution >= 4 is 5.69 Å². The SMILES string of the molecule is C#Cc1ccc(N2C[C@H](O)C[C@@H]2c2ccc(-n3ccnc3CN(C)C)cc2)cc1. The van der Waals surface area contributed by atoms with Gasteiger partial charge in [-0.3, -0.25) is 0 Å². The topological polar surface area (TPSA) is 44.5 Å². The van der Waals surface area contributed by atoms with Crippen LogP contribution in [0.5, 0.6) is 0 Å². The number of imidazole rings is 1. The first kappa shape index (κ1) is 19.3. The monoisotopic (exact) mass is 386 g/mol. The number of aliphatic hydroxyl groups excluding tert-OH is 1. The molecule has 0 bridgehead atoms. The fraction of sp³-hybridized carbons (Fsp3) is 0.292. The second kappa shape index (κ2) is 8.12. The smallest absolute Gasteiger partial charge is 0.127 e. The van der Waals surface area contributed by atoms with E-state index in [2.05, 4.69) is 49.5 Å². The van der Waals surface area contributed by atoms with E-state index in [0.717, 1.165) is 29.3 Å². The second-order valence-electron chi connectivity index (χ2n) is 7.79. The van der Waals surface area contributed by atoms with Crippen molar-refractivity contribution in [2.45, 2.75) is 25.1 Å². The number of rotatable bonds is 5. The molecule has 0 saturated carbocycles. The molecule has 148 valence electrons. The third-order valence-electron chi connectivity index (χ3n) is 5.38. The zero-order chi connectivity index (χ0) is 20.4. The van der Waals surface area contributed by atoms with Crippen LogP contribution in [0.3, 0.4) is 0 Å². The molecule has 5 heteroatoms.